The van der Waals surface area contributed by atoms with Crippen LogP contribution in [0.15, 0.2) is 169 Å². The van der Waals surface area contributed by atoms with Crippen LogP contribution < -0.4 is 25.0 Å². The number of nitrogens with one attached hydrogen (secondary N) is 1. The minimum absolute atomic E-state index is 0. The van der Waals surface area contributed by atoms with E-state index in [0.717, 1.165) is 6.07 Å². The van der Waals surface area contributed by atoms with Crippen LogP contribution in [0, 0.1) is 0 Å². The standard InChI is InChI=1S/2C26H22ClN3O6S.Ba/c2*1-3-15-12-13-21(37(33,34)35)24(22(15)27)30-29-23-17-9-5-4-8-16(17)14-18(25(23)31)26(32)28-19-10-6-7-11-20(19)36-2;/h2*4-14,31H,3H2,1-2H3,(H,28,32)(H,33,34,35);/q;;+2/p-2. The fourth-order valence-corrected chi connectivity index (χ4v) is 9.55. The quantitative estimate of drug-likeness (QED) is 0.0260. The number of amides is 1. The number of hydrogen-bond donors (Lipinski definition) is 4. The van der Waals surface area contributed by atoms with Crippen molar-refractivity contribution in [2.24, 2.45) is 25.4 Å². The number of azo groups is 2. The summed E-state index contributed by atoms with van der Waals surface area (Å²) in [4.78, 5) is 16.1. The number of aromatic hydroxyl groups is 1. The van der Waals surface area contributed by atoms with Crippen LogP contribution in [0.1, 0.15) is 40.9 Å². The molecule has 0 saturated heterocycles. The molecule has 0 heterocycles. The molecule has 0 aromatic heterocycles. The molecule has 23 heteroatoms. The molecule has 18 nitrogen and oxygen atoms in total. The van der Waals surface area contributed by atoms with Gasteiger partial charge in [-0.3, -0.25) is 18.9 Å². The molecule has 8 aromatic rings. The molecule has 75 heavy (non-hydrogen) atoms. The molecule has 1 amide bonds. The van der Waals surface area contributed by atoms with E-state index in [1.807, 2.05) is 6.92 Å². The summed E-state index contributed by atoms with van der Waals surface area (Å²) >= 11 is 12.7. The number of halogens is 2. The molecule has 4 N–H and O–H groups in total. The second-order valence-corrected chi connectivity index (χ2v) is 19.3. The van der Waals surface area contributed by atoms with Crippen molar-refractivity contribution >= 4 is 160 Å². The molecule has 0 bridgehead atoms. The first kappa shape index (κ1) is 57.9. The molecular formula is C52H42BaCl2N6O12S2. The summed E-state index contributed by atoms with van der Waals surface area (Å²) in [6.45, 7) is 3.62. The fourth-order valence-electron chi connectivity index (χ4n) is 7.51. The van der Waals surface area contributed by atoms with Gasteiger partial charge in [-0.15, -0.1) is 15.3 Å². The number of carbonyl (C=O) groups excluding carboxylic acids is 1. The van der Waals surface area contributed by atoms with Crippen molar-refractivity contribution in [1.29, 1.82) is 0 Å². The van der Waals surface area contributed by atoms with Gasteiger partial charge in [0.25, 0.3) is 26.1 Å². The second kappa shape index (κ2) is 25.0. The van der Waals surface area contributed by atoms with E-state index in [-0.39, 0.29) is 98.5 Å². The van der Waals surface area contributed by atoms with Crippen molar-refractivity contribution in [2.45, 2.75) is 36.5 Å². The van der Waals surface area contributed by atoms with Gasteiger partial charge in [-0.05, 0) is 94.7 Å². The maximum atomic E-state index is 13.4. The molecule has 0 radical (unpaired) electrons. The van der Waals surface area contributed by atoms with Crippen LogP contribution >= 0.6 is 23.2 Å². The van der Waals surface area contributed by atoms with Crippen LogP contribution in [0.5, 0.6) is 23.0 Å². The van der Waals surface area contributed by atoms with Crippen LogP contribution in [0.3, 0.4) is 0 Å². The fraction of sp³-hybridized carbons (Fsp3) is 0.115. The van der Waals surface area contributed by atoms with E-state index in [1.54, 1.807) is 104 Å². The number of phenols is 1. The first-order valence-electron chi connectivity index (χ1n) is 22.0. The minimum Gasteiger partial charge on any atom is -0.871 e. The number of rotatable bonds is 14. The zero-order chi connectivity index (χ0) is 53.5. The predicted octanol–water partition coefficient (Wildman–Crippen LogP) is 11.5. The number of para-hydroxylation sites is 4. The first-order valence-corrected chi connectivity index (χ1v) is 25.7. The number of anilines is 1. The third kappa shape index (κ3) is 13.0. The van der Waals surface area contributed by atoms with E-state index in [4.69, 9.17) is 32.7 Å². The molecule has 380 valence electrons. The summed E-state index contributed by atoms with van der Waals surface area (Å²) in [7, 11) is -6.47. The van der Waals surface area contributed by atoms with Gasteiger partial charge in [-0.2, -0.15) is 21.9 Å². The van der Waals surface area contributed by atoms with Crippen LogP contribution in [-0.4, -0.2) is 106 Å². The van der Waals surface area contributed by atoms with Crippen molar-refractivity contribution in [3.05, 3.63) is 166 Å². The summed E-state index contributed by atoms with van der Waals surface area (Å²) in [5, 5.41) is 58.3. The number of aliphatic imine (C=N–C) groups is 1. The van der Waals surface area contributed by atoms with Gasteiger partial charge in [0, 0.05) is 10.8 Å². The van der Waals surface area contributed by atoms with Gasteiger partial charge in [-0.1, -0.05) is 128 Å². The number of nitrogens with zero attached hydrogens (tertiary/aromatic N) is 5. The Bertz CT molecular complexity index is 3830. The number of fused-ring (bicyclic) bond motifs is 2. The largest absolute Gasteiger partial charge is 2.00 e. The number of methoxy groups -OCH3 is 2. The molecule has 8 aromatic carbocycles. The number of ether oxygens (including phenoxy) is 2. The van der Waals surface area contributed by atoms with Gasteiger partial charge in [0.05, 0.1) is 41.2 Å². The summed E-state index contributed by atoms with van der Waals surface area (Å²) in [6, 6.07) is 35.1. The van der Waals surface area contributed by atoms with Crippen molar-refractivity contribution in [1.82, 2.24) is 0 Å². The Labute approximate surface area is 481 Å². The maximum absolute atomic E-state index is 13.4. The summed E-state index contributed by atoms with van der Waals surface area (Å²) in [5.41, 5.74) is 0.538. The van der Waals surface area contributed by atoms with E-state index < -0.39 is 53.3 Å². The van der Waals surface area contributed by atoms with Gasteiger partial charge in [-0.25, -0.2) is 0 Å². The minimum atomic E-state index is -4.70. The molecule has 0 spiro atoms. The number of phenolic OH excluding ortho intramolecular Hbond substituents is 1. The topological polar surface area (TPSA) is 284 Å². The molecule has 0 fully saturated rings. The van der Waals surface area contributed by atoms with Gasteiger partial charge < -0.3 is 30.1 Å². The average molecular weight is 1220 g/mol. The van der Waals surface area contributed by atoms with Crippen LogP contribution in [0.4, 0.5) is 34.1 Å². The smallest absolute Gasteiger partial charge is 0.871 e. The molecule has 0 saturated carbocycles. The Morgan fingerprint density at radius 2 is 1.05 bits per heavy atom. The molecule has 0 unspecified atom stereocenters. The van der Waals surface area contributed by atoms with Gasteiger partial charge in [0.1, 0.15) is 44.0 Å². The number of carbonyl (C=O) groups is 1. The third-order valence-corrected chi connectivity index (χ3v) is 13.9. The maximum Gasteiger partial charge on any atom is 2.00 e. The summed E-state index contributed by atoms with van der Waals surface area (Å²) < 4.78 is 77.6. The predicted molar refractivity (Wildman–Crippen MR) is 285 cm³/mol. The Hall–Kier alpha value is -6.41. The average Bonchev–Trinajstić information content (AvgIpc) is 3.38. The molecule has 0 aliphatic rings. The number of benzene rings is 8. The van der Waals surface area contributed by atoms with Crippen molar-refractivity contribution in [3.63, 3.8) is 0 Å². The molecular weight excluding hydrogens is 1170 g/mol. The zero-order valence-electron chi connectivity index (χ0n) is 40.1. The monoisotopic (exact) mass is 1210 g/mol. The van der Waals surface area contributed by atoms with Gasteiger partial charge in [0.15, 0.2) is 5.75 Å². The molecule has 0 aliphatic heterocycles. The van der Waals surface area contributed by atoms with Gasteiger partial charge in [0.2, 0.25) is 0 Å². The van der Waals surface area contributed by atoms with E-state index in [2.05, 4.69) is 30.8 Å². The number of hydrogen-bond acceptors (Lipinski definition) is 15. The third-order valence-electron chi connectivity index (χ3n) is 11.2. The Morgan fingerprint density at radius 3 is 1.57 bits per heavy atom. The van der Waals surface area contributed by atoms with Crippen molar-refractivity contribution in [3.8, 4) is 23.0 Å². The Kier molecular flexibility index (Phi) is 19.3. The van der Waals surface area contributed by atoms with Crippen LogP contribution in [0.2, 0.25) is 10.0 Å². The Balaban J connectivity index is 0.000000241. The summed E-state index contributed by atoms with van der Waals surface area (Å²) in [6.07, 6.45) is 0.928. The van der Waals surface area contributed by atoms with Gasteiger partial charge >= 0.3 is 48.9 Å². The second-order valence-electron chi connectivity index (χ2n) is 15.7. The molecule has 8 rings (SSSR count). The van der Waals surface area contributed by atoms with Crippen LogP contribution in [0.25, 0.3) is 21.5 Å². The van der Waals surface area contributed by atoms with Crippen molar-refractivity contribution < 1.29 is 55.5 Å². The summed E-state index contributed by atoms with van der Waals surface area (Å²) in [5.74, 6) is -1.91. The van der Waals surface area contributed by atoms with E-state index in [1.165, 1.54) is 44.6 Å². The SMILES string of the molecule is CCc1ccc(S(=O)(=O)O)c(N=Nc2c(O)c(C(=O)Nc3ccccc3OC)cc3ccccc23)c1Cl.CCc1ccc(S(=O)(=O)O)c(N=Nc2c([O-])c(C([O-])=Nc3ccccc3OC)cc3ccccc23)c1Cl.[Ba+2]. The molecule has 0 aliphatic carbocycles. The Morgan fingerprint density at radius 1 is 0.613 bits per heavy atom. The van der Waals surface area contributed by atoms with Crippen LogP contribution in [-0.2, 0) is 33.1 Å². The number of aryl methyl sites for hydroxylation is 2. The normalized spacial score (nSPS) is 11.9. The van der Waals surface area contributed by atoms with E-state index in [0.29, 0.717) is 62.7 Å². The zero-order valence-corrected chi connectivity index (χ0v) is 47.7. The van der Waals surface area contributed by atoms with Crippen molar-refractivity contribution in [2.75, 3.05) is 19.5 Å². The first-order chi connectivity index (χ1) is 35.3. The van der Waals surface area contributed by atoms with E-state index >= 15 is 0 Å². The van der Waals surface area contributed by atoms with E-state index in [9.17, 15) is 46.1 Å². The molecule has 0 atom stereocenters.